The highest BCUT2D eigenvalue weighted by atomic mass is 127. The highest BCUT2D eigenvalue weighted by Gasteiger charge is 2.13. The molecule has 1 aromatic heterocycles. The molecule has 0 aliphatic rings. The van der Waals surface area contributed by atoms with E-state index in [0.29, 0.717) is 5.75 Å². The van der Waals surface area contributed by atoms with Crippen LogP contribution in [0.2, 0.25) is 0 Å². The van der Waals surface area contributed by atoms with Crippen molar-refractivity contribution in [3.05, 3.63) is 56.6 Å². The summed E-state index contributed by atoms with van der Waals surface area (Å²) in [6.07, 6.45) is 0. The number of benzene rings is 2. The summed E-state index contributed by atoms with van der Waals surface area (Å²) in [4.78, 5) is 15.7. The second-order valence-electron chi connectivity index (χ2n) is 4.31. The van der Waals surface area contributed by atoms with Crippen LogP contribution in [-0.4, -0.2) is 16.1 Å². The molecule has 106 valence electrons. The Balaban J connectivity index is 1.83. The molecular weight excluding hydrogens is 401 g/mol. The van der Waals surface area contributed by atoms with Crippen molar-refractivity contribution >= 4 is 50.1 Å². The van der Waals surface area contributed by atoms with E-state index in [9.17, 15) is 9.90 Å². The van der Waals surface area contributed by atoms with Crippen LogP contribution in [0, 0.1) is 3.57 Å². The second-order valence-corrected chi connectivity index (χ2v) is 6.67. The summed E-state index contributed by atoms with van der Waals surface area (Å²) in [5, 5.41) is 10.0. The molecular formula is C15H10INO3S. The highest BCUT2D eigenvalue weighted by molar-refractivity contribution is 14.1. The molecule has 21 heavy (non-hydrogen) atoms. The van der Waals surface area contributed by atoms with Crippen molar-refractivity contribution < 1.29 is 14.6 Å². The molecule has 0 saturated carbocycles. The van der Waals surface area contributed by atoms with Gasteiger partial charge in [0.25, 0.3) is 0 Å². The van der Waals surface area contributed by atoms with Gasteiger partial charge in [-0.15, -0.1) is 11.3 Å². The molecule has 0 unspecified atom stereocenters. The normalized spacial score (nSPS) is 10.7. The Kier molecular flexibility index (Phi) is 4.07. The Hall–Kier alpha value is -1.67. The summed E-state index contributed by atoms with van der Waals surface area (Å²) in [5.41, 5.74) is 1.10. The third kappa shape index (κ3) is 3.16. The first kappa shape index (κ1) is 14.3. The fourth-order valence-electron chi connectivity index (χ4n) is 1.92. The van der Waals surface area contributed by atoms with Crippen molar-refractivity contribution in [1.29, 1.82) is 0 Å². The van der Waals surface area contributed by atoms with Gasteiger partial charge >= 0.3 is 5.97 Å². The zero-order valence-electron chi connectivity index (χ0n) is 10.7. The van der Waals surface area contributed by atoms with Crippen molar-refractivity contribution in [2.75, 3.05) is 0 Å². The van der Waals surface area contributed by atoms with Crippen molar-refractivity contribution in [2.24, 2.45) is 0 Å². The van der Waals surface area contributed by atoms with E-state index in [-0.39, 0.29) is 12.2 Å². The number of aromatic nitrogens is 1. The largest absolute Gasteiger partial charge is 0.486 e. The van der Waals surface area contributed by atoms with Crippen molar-refractivity contribution in [2.45, 2.75) is 6.61 Å². The minimum absolute atomic E-state index is 0.169. The molecule has 0 aliphatic carbocycles. The first-order valence-electron chi connectivity index (χ1n) is 6.13. The predicted octanol–water partition coefficient (Wildman–Crippen LogP) is 4.18. The Bertz CT molecular complexity index is 783. The zero-order valence-corrected chi connectivity index (χ0v) is 13.7. The zero-order chi connectivity index (χ0) is 14.8. The molecule has 2 aromatic carbocycles. The Morgan fingerprint density at radius 2 is 2.10 bits per heavy atom. The van der Waals surface area contributed by atoms with E-state index in [1.54, 1.807) is 23.5 Å². The SMILES string of the molecule is O=C(O)c1cc(I)ccc1OCc1nc2ccccc2s1. The Morgan fingerprint density at radius 1 is 1.29 bits per heavy atom. The lowest BCUT2D eigenvalue weighted by atomic mass is 10.2. The first-order valence-corrected chi connectivity index (χ1v) is 8.03. The summed E-state index contributed by atoms with van der Waals surface area (Å²) in [6, 6.07) is 12.9. The van der Waals surface area contributed by atoms with E-state index in [4.69, 9.17) is 4.74 Å². The highest BCUT2D eigenvalue weighted by Crippen LogP contribution is 2.25. The van der Waals surface area contributed by atoms with Crippen LogP contribution < -0.4 is 4.74 Å². The molecule has 0 aliphatic heterocycles. The van der Waals surface area contributed by atoms with Crippen LogP contribution in [0.15, 0.2) is 42.5 Å². The molecule has 4 nitrogen and oxygen atoms in total. The average molecular weight is 411 g/mol. The standard InChI is InChI=1S/C15H10INO3S/c16-9-5-6-12(10(7-9)15(18)19)20-8-14-17-11-3-1-2-4-13(11)21-14/h1-7H,8H2,(H,18,19). The number of rotatable bonds is 4. The van der Waals surface area contributed by atoms with Gasteiger partial charge in [-0.2, -0.15) is 0 Å². The summed E-state index contributed by atoms with van der Waals surface area (Å²) in [5.74, 6) is -0.630. The van der Waals surface area contributed by atoms with Gasteiger partial charge in [-0.1, -0.05) is 12.1 Å². The Morgan fingerprint density at radius 3 is 2.86 bits per heavy atom. The van der Waals surface area contributed by atoms with Crippen LogP contribution in [0.1, 0.15) is 15.4 Å². The van der Waals surface area contributed by atoms with E-state index >= 15 is 0 Å². The summed E-state index contributed by atoms with van der Waals surface area (Å²) in [7, 11) is 0. The number of carboxylic acid groups (broad SMARTS) is 1. The third-order valence-corrected chi connectivity index (χ3v) is 4.54. The van der Waals surface area contributed by atoms with Crippen molar-refractivity contribution in [3.63, 3.8) is 0 Å². The van der Waals surface area contributed by atoms with Gasteiger partial charge in [0.1, 0.15) is 22.9 Å². The second kappa shape index (κ2) is 5.98. The molecule has 0 atom stereocenters. The lowest BCUT2D eigenvalue weighted by Crippen LogP contribution is -2.03. The van der Waals surface area contributed by atoms with E-state index < -0.39 is 5.97 Å². The van der Waals surface area contributed by atoms with Gasteiger partial charge in [0, 0.05) is 3.57 Å². The average Bonchev–Trinajstić information content (AvgIpc) is 2.88. The van der Waals surface area contributed by atoms with E-state index in [2.05, 4.69) is 27.6 Å². The van der Waals surface area contributed by atoms with Crippen molar-refractivity contribution in [1.82, 2.24) is 4.98 Å². The summed E-state index contributed by atoms with van der Waals surface area (Å²) in [6.45, 7) is 0.264. The molecule has 0 bridgehead atoms. The van der Waals surface area contributed by atoms with E-state index in [1.165, 1.54) is 0 Å². The number of hydrogen-bond donors (Lipinski definition) is 1. The topological polar surface area (TPSA) is 59.4 Å². The van der Waals surface area contributed by atoms with Gasteiger partial charge in [-0.25, -0.2) is 9.78 Å². The molecule has 3 rings (SSSR count). The third-order valence-electron chi connectivity index (χ3n) is 2.86. The number of aromatic carboxylic acids is 1. The van der Waals surface area contributed by atoms with Gasteiger partial charge in [0.15, 0.2) is 0 Å². The minimum atomic E-state index is -0.993. The number of hydrogen-bond acceptors (Lipinski definition) is 4. The van der Waals surface area contributed by atoms with E-state index in [1.807, 2.05) is 30.3 Å². The van der Waals surface area contributed by atoms with Gasteiger partial charge in [0.05, 0.1) is 10.2 Å². The molecule has 6 heteroatoms. The molecule has 0 saturated heterocycles. The Labute approximate surface area is 138 Å². The fourth-order valence-corrected chi connectivity index (χ4v) is 3.29. The predicted molar refractivity (Wildman–Crippen MR) is 90.1 cm³/mol. The monoisotopic (exact) mass is 411 g/mol. The number of carbonyl (C=O) groups is 1. The number of ether oxygens (including phenoxy) is 1. The number of fused-ring (bicyclic) bond motifs is 1. The first-order chi connectivity index (χ1) is 10.1. The van der Waals surface area contributed by atoms with Gasteiger partial charge in [0.2, 0.25) is 0 Å². The molecule has 1 N–H and O–H groups in total. The maximum absolute atomic E-state index is 11.2. The molecule has 0 fully saturated rings. The number of halogens is 1. The minimum Gasteiger partial charge on any atom is -0.486 e. The molecule has 0 radical (unpaired) electrons. The molecule has 0 amide bonds. The van der Waals surface area contributed by atoms with Gasteiger partial charge < -0.3 is 9.84 Å². The van der Waals surface area contributed by atoms with E-state index in [0.717, 1.165) is 18.8 Å². The number of carboxylic acids is 1. The van der Waals surface area contributed by atoms with Crippen molar-refractivity contribution in [3.8, 4) is 5.75 Å². The van der Waals surface area contributed by atoms with Crippen LogP contribution in [0.25, 0.3) is 10.2 Å². The number of nitrogens with zero attached hydrogens (tertiary/aromatic N) is 1. The molecule has 3 aromatic rings. The van der Waals surface area contributed by atoms with Crippen LogP contribution in [-0.2, 0) is 6.61 Å². The maximum Gasteiger partial charge on any atom is 0.339 e. The summed E-state index contributed by atoms with van der Waals surface area (Å²) < 4.78 is 7.59. The number of thiazole rings is 1. The molecule has 0 spiro atoms. The molecule has 1 heterocycles. The number of para-hydroxylation sites is 1. The quantitative estimate of drug-likeness (QED) is 0.655. The summed E-state index contributed by atoms with van der Waals surface area (Å²) >= 11 is 3.62. The van der Waals surface area contributed by atoms with Crippen LogP contribution in [0.5, 0.6) is 5.75 Å². The van der Waals surface area contributed by atoms with Crippen LogP contribution >= 0.6 is 33.9 Å². The van der Waals surface area contributed by atoms with Crippen LogP contribution in [0.4, 0.5) is 0 Å². The van der Waals surface area contributed by atoms with Crippen LogP contribution in [0.3, 0.4) is 0 Å². The van der Waals surface area contributed by atoms with Gasteiger partial charge in [-0.05, 0) is 52.9 Å². The maximum atomic E-state index is 11.2. The smallest absolute Gasteiger partial charge is 0.339 e. The lowest BCUT2D eigenvalue weighted by molar-refractivity contribution is 0.0691. The fraction of sp³-hybridized carbons (Fsp3) is 0.0667. The van der Waals surface area contributed by atoms with Gasteiger partial charge in [-0.3, -0.25) is 0 Å². The lowest BCUT2D eigenvalue weighted by Gasteiger charge is -2.07.